The number of hydrogen-bond donors (Lipinski definition) is 0. The standard InChI is InChI=1S/C60H46F4N4S.Pt/c1-6-39-18-22-45(23-19-39)68(44-15-11-8-12-16-44)47-33-55(50-26-21-42(62)31-53(50)64)66-59(35-47)60(4,5)58-34-46(32-54(65-58)49-25-20-41(61)30-52(49)63)67(43-13-9-7-10-14-43)36-40-29-51-48-24-17-37(2)27-56(48)69-57(51)28-38(40)3;/h7-24,27-35H,6,36H2,1-5H3;/q-2;+2. The number of anilines is 5. The molecule has 0 radical (unpaired) electrons. The number of pyridine rings is 2. The Bertz CT molecular complexity index is 3530. The molecule has 0 aliphatic rings. The molecule has 10 rings (SSSR count). The first-order chi connectivity index (χ1) is 33.3. The van der Waals surface area contributed by atoms with Crippen molar-refractivity contribution in [1.82, 2.24) is 9.97 Å². The molecular formula is C60H46F4N4PtS. The summed E-state index contributed by atoms with van der Waals surface area (Å²) in [4.78, 5) is 14.5. The van der Waals surface area contributed by atoms with Gasteiger partial charge in [-0.2, -0.15) is 0 Å². The third-order valence-electron chi connectivity index (χ3n) is 12.8. The topological polar surface area (TPSA) is 32.3 Å². The minimum Gasteiger partial charge on any atom is -0.338 e. The Morgan fingerprint density at radius 3 is 1.69 bits per heavy atom. The van der Waals surface area contributed by atoms with Crippen molar-refractivity contribution in [3.8, 4) is 22.5 Å². The molecule has 3 aromatic heterocycles. The van der Waals surface area contributed by atoms with E-state index in [1.165, 1.54) is 31.3 Å². The van der Waals surface area contributed by atoms with E-state index in [4.69, 9.17) is 9.97 Å². The van der Waals surface area contributed by atoms with Crippen molar-refractivity contribution < 1.29 is 38.6 Å². The van der Waals surface area contributed by atoms with Gasteiger partial charge in [0.2, 0.25) is 0 Å². The second-order valence-corrected chi connectivity index (χ2v) is 19.0. The van der Waals surface area contributed by atoms with Crippen LogP contribution in [0.4, 0.5) is 46.0 Å². The van der Waals surface area contributed by atoms with Crippen LogP contribution in [0.5, 0.6) is 0 Å². The van der Waals surface area contributed by atoms with E-state index in [0.29, 0.717) is 29.3 Å². The summed E-state index contributed by atoms with van der Waals surface area (Å²) >= 11 is 1.78. The normalized spacial score (nSPS) is 11.5. The molecule has 0 atom stereocenters. The number of fused-ring (bicyclic) bond motifs is 3. The Morgan fingerprint density at radius 2 is 1.10 bits per heavy atom. The van der Waals surface area contributed by atoms with Gasteiger partial charge < -0.3 is 19.8 Å². The molecule has 0 aliphatic carbocycles. The van der Waals surface area contributed by atoms with Crippen LogP contribution in [-0.4, -0.2) is 9.97 Å². The molecule has 0 unspecified atom stereocenters. The number of nitrogens with zero attached hydrogens (tertiary/aromatic N) is 4. The summed E-state index contributed by atoms with van der Waals surface area (Å²) < 4.78 is 63.3. The minimum atomic E-state index is -1.08. The van der Waals surface area contributed by atoms with Crippen LogP contribution in [0.25, 0.3) is 42.7 Å². The number of rotatable bonds is 12. The third kappa shape index (κ3) is 9.53. The van der Waals surface area contributed by atoms with Crippen molar-refractivity contribution in [3.63, 3.8) is 0 Å². The van der Waals surface area contributed by atoms with Gasteiger partial charge in [0.05, 0.1) is 0 Å². The molecule has 0 N–H and O–H groups in total. The van der Waals surface area contributed by atoms with Crippen LogP contribution in [-0.2, 0) is 39.4 Å². The number of aryl methyl sites for hydroxylation is 3. The van der Waals surface area contributed by atoms with Gasteiger partial charge in [-0.05, 0) is 134 Å². The Labute approximate surface area is 424 Å². The van der Waals surface area contributed by atoms with Gasteiger partial charge in [-0.25, -0.2) is 0 Å². The number of benzene rings is 7. The van der Waals surface area contributed by atoms with Crippen molar-refractivity contribution in [2.75, 3.05) is 9.80 Å². The molecule has 0 saturated heterocycles. The van der Waals surface area contributed by atoms with E-state index < -0.39 is 28.7 Å². The van der Waals surface area contributed by atoms with Crippen LogP contribution < -0.4 is 9.80 Å². The molecule has 10 aromatic rings. The Kier molecular flexibility index (Phi) is 13.6. The molecule has 0 spiro atoms. The fourth-order valence-corrected chi connectivity index (χ4v) is 10.2. The van der Waals surface area contributed by atoms with Crippen molar-refractivity contribution in [2.24, 2.45) is 0 Å². The van der Waals surface area contributed by atoms with Crippen LogP contribution in [0, 0.1) is 49.2 Å². The maximum Gasteiger partial charge on any atom is 2.00 e. The number of para-hydroxylation sites is 2. The summed E-state index contributed by atoms with van der Waals surface area (Å²) in [7, 11) is 0. The van der Waals surface area contributed by atoms with Gasteiger partial charge in [-0.1, -0.05) is 103 Å². The van der Waals surface area contributed by atoms with Gasteiger partial charge in [0, 0.05) is 95.2 Å². The van der Waals surface area contributed by atoms with Gasteiger partial charge in [-0.3, -0.25) is 17.6 Å². The van der Waals surface area contributed by atoms with Gasteiger partial charge in [0.1, 0.15) is 0 Å². The summed E-state index contributed by atoms with van der Waals surface area (Å²) in [5.41, 5.74) is 8.84. The van der Waals surface area contributed by atoms with Crippen molar-refractivity contribution in [2.45, 2.75) is 53.0 Å². The second kappa shape index (κ2) is 19.8. The van der Waals surface area contributed by atoms with Crippen LogP contribution in [0.2, 0.25) is 0 Å². The predicted molar refractivity (Wildman–Crippen MR) is 274 cm³/mol. The molecule has 0 bridgehead atoms. The van der Waals surface area contributed by atoms with Gasteiger partial charge in [0.25, 0.3) is 0 Å². The summed E-state index contributed by atoms with van der Waals surface area (Å²) in [6, 6.07) is 56.1. The predicted octanol–water partition coefficient (Wildman–Crippen LogP) is 16.6. The van der Waals surface area contributed by atoms with E-state index in [1.807, 2.05) is 105 Å². The van der Waals surface area contributed by atoms with Crippen molar-refractivity contribution in [3.05, 3.63) is 233 Å². The zero-order valence-corrected chi connectivity index (χ0v) is 42.1. The number of hydrogen-bond acceptors (Lipinski definition) is 5. The monoisotopic (exact) mass is 1130 g/mol. The zero-order chi connectivity index (χ0) is 48.0. The smallest absolute Gasteiger partial charge is 0.338 e. The first-order valence-electron chi connectivity index (χ1n) is 22.8. The van der Waals surface area contributed by atoms with Crippen molar-refractivity contribution >= 4 is 59.9 Å². The van der Waals surface area contributed by atoms with E-state index in [1.54, 1.807) is 17.4 Å². The van der Waals surface area contributed by atoms with Gasteiger partial charge in [-0.15, -0.1) is 35.6 Å². The average molecular weight is 1130 g/mol. The van der Waals surface area contributed by atoms with E-state index in [2.05, 4.69) is 85.2 Å². The Hall–Kier alpha value is -6.93. The van der Waals surface area contributed by atoms with Crippen LogP contribution in [0.15, 0.2) is 164 Å². The van der Waals surface area contributed by atoms with E-state index in [-0.39, 0.29) is 43.6 Å². The fraction of sp³-hybridized carbons (Fsp3) is 0.133. The van der Waals surface area contributed by atoms with Crippen LogP contribution in [0.1, 0.15) is 54.4 Å². The molecule has 10 heteroatoms. The molecule has 0 fully saturated rings. The zero-order valence-electron chi connectivity index (χ0n) is 39.0. The molecule has 3 heterocycles. The quantitative estimate of drug-likeness (QED) is 0.0901. The number of aromatic nitrogens is 2. The van der Waals surface area contributed by atoms with Gasteiger partial charge in [0.15, 0.2) is 0 Å². The first kappa shape index (κ1) is 48.1. The molecule has 0 aliphatic heterocycles. The molecular weight excluding hydrogens is 1080 g/mol. The van der Waals surface area contributed by atoms with Crippen molar-refractivity contribution in [1.29, 1.82) is 0 Å². The molecule has 70 heavy (non-hydrogen) atoms. The molecule has 7 aromatic carbocycles. The summed E-state index contributed by atoms with van der Waals surface area (Å²) in [6.45, 7) is 10.7. The molecule has 0 saturated carbocycles. The van der Waals surface area contributed by atoms with E-state index >= 15 is 8.78 Å². The molecule has 4 nitrogen and oxygen atoms in total. The summed E-state index contributed by atoms with van der Waals surface area (Å²) in [6.07, 6.45) is 0.860. The van der Waals surface area contributed by atoms with E-state index in [9.17, 15) is 8.78 Å². The largest absolute Gasteiger partial charge is 2.00 e. The SMILES string of the molecule is CCc1ccc(N(c2ccccc2)c2cc(-c3[c-]cc(F)cc3F)nc(C(C)(C)c3cc(N(Cc4cc5c(cc4C)sc4cc(C)ccc45)c4ccccc4)cc(-c4[c-]cc(F)cc4F)n3)c2)cc1.[Pt+2]. The average Bonchev–Trinajstić information content (AvgIpc) is 3.69. The van der Waals surface area contributed by atoms with Crippen LogP contribution >= 0.6 is 11.3 Å². The summed E-state index contributed by atoms with van der Waals surface area (Å²) in [5.74, 6) is -3.14. The third-order valence-corrected chi connectivity index (χ3v) is 13.9. The number of halogens is 4. The Morgan fingerprint density at radius 1 is 0.557 bits per heavy atom. The minimum absolute atomic E-state index is 0. The molecule has 350 valence electrons. The Balaban J connectivity index is 0.00000608. The van der Waals surface area contributed by atoms with Crippen LogP contribution in [0.3, 0.4) is 0 Å². The summed E-state index contributed by atoms with van der Waals surface area (Å²) in [5, 5.41) is 2.37. The number of thiophene rings is 1. The maximum atomic E-state index is 16.0. The second-order valence-electron chi connectivity index (χ2n) is 17.9. The maximum absolute atomic E-state index is 16.0. The van der Waals surface area contributed by atoms with E-state index in [0.717, 1.165) is 58.9 Å². The first-order valence-corrected chi connectivity index (χ1v) is 23.6. The van der Waals surface area contributed by atoms with Gasteiger partial charge >= 0.3 is 21.1 Å². The molecule has 0 amide bonds. The fourth-order valence-electron chi connectivity index (χ4n) is 8.89.